The predicted octanol–water partition coefficient (Wildman–Crippen LogP) is -0.378. The third kappa shape index (κ3) is 1.21. The van der Waals surface area contributed by atoms with Gasteiger partial charge in [-0.3, -0.25) is 14.5 Å². The first-order valence-electron chi connectivity index (χ1n) is 5.77. The molecule has 0 aromatic carbocycles. The molecule has 0 aromatic rings. The number of amides is 2. The maximum atomic E-state index is 12.1. The summed E-state index contributed by atoms with van der Waals surface area (Å²) in [6.07, 6.45) is 1.21. The van der Waals surface area contributed by atoms with E-state index in [4.69, 9.17) is 9.84 Å². The molecular weight excluding hydrogens is 226 g/mol. The van der Waals surface area contributed by atoms with Gasteiger partial charge in [-0.15, -0.1) is 0 Å². The highest BCUT2D eigenvalue weighted by Gasteiger charge is 2.63. The zero-order valence-electron chi connectivity index (χ0n) is 9.33. The standard InChI is InChI=1S/C11H13NO5/c1-4(11(15)16)12-9(13)7-5-2-3-6(17-5)8(7)10(12)14/h4-8H,2-3H2,1H3,(H,15,16). The monoisotopic (exact) mass is 239 g/mol. The van der Waals surface area contributed by atoms with Crippen molar-refractivity contribution in [3.63, 3.8) is 0 Å². The lowest BCUT2D eigenvalue weighted by molar-refractivity contribution is -0.155. The van der Waals surface area contributed by atoms with E-state index < -0.39 is 23.8 Å². The van der Waals surface area contributed by atoms with E-state index in [2.05, 4.69) is 0 Å². The molecule has 2 bridgehead atoms. The number of likely N-dealkylation sites (tertiary alicyclic amines) is 1. The quantitative estimate of drug-likeness (QED) is 0.664. The Labute approximate surface area is 97.5 Å². The van der Waals surface area contributed by atoms with Crippen LogP contribution in [0.3, 0.4) is 0 Å². The van der Waals surface area contributed by atoms with Crippen LogP contribution in [-0.2, 0) is 19.1 Å². The van der Waals surface area contributed by atoms with Gasteiger partial charge in [-0.1, -0.05) is 0 Å². The van der Waals surface area contributed by atoms with Crippen LogP contribution in [0.5, 0.6) is 0 Å². The molecule has 0 radical (unpaired) electrons. The highest BCUT2D eigenvalue weighted by atomic mass is 16.5. The molecule has 5 unspecified atom stereocenters. The summed E-state index contributed by atoms with van der Waals surface area (Å²) < 4.78 is 5.55. The zero-order chi connectivity index (χ0) is 12.3. The molecule has 3 heterocycles. The highest BCUT2D eigenvalue weighted by Crippen LogP contribution is 2.48. The van der Waals surface area contributed by atoms with Crippen LogP contribution in [0.25, 0.3) is 0 Å². The number of nitrogens with zero attached hydrogens (tertiary/aromatic N) is 1. The van der Waals surface area contributed by atoms with Crippen molar-refractivity contribution in [3.05, 3.63) is 0 Å². The maximum absolute atomic E-state index is 12.1. The largest absolute Gasteiger partial charge is 0.480 e. The van der Waals surface area contributed by atoms with E-state index in [0.717, 1.165) is 17.7 Å². The van der Waals surface area contributed by atoms with Gasteiger partial charge in [0.15, 0.2) is 0 Å². The van der Waals surface area contributed by atoms with Gasteiger partial charge in [0.25, 0.3) is 0 Å². The smallest absolute Gasteiger partial charge is 0.326 e. The minimum atomic E-state index is -1.15. The van der Waals surface area contributed by atoms with Gasteiger partial charge in [0.05, 0.1) is 24.0 Å². The lowest BCUT2D eigenvalue weighted by Gasteiger charge is -2.21. The molecule has 6 heteroatoms. The Kier molecular flexibility index (Phi) is 2.07. The lowest BCUT2D eigenvalue weighted by Crippen LogP contribution is -2.45. The highest BCUT2D eigenvalue weighted by molar-refractivity contribution is 6.08. The second-order valence-corrected chi connectivity index (χ2v) is 4.90. The van der Waals surface area contributed by atoms with Gasteiger partial charge in [0.1, 0.15) is 6.04 Å². The summed E-state index contributed by atoms with van der Waals surface area (Å²) in [7, 11) is 0. The molecule has 6 nitrogen and oxygen atoms in total. The SMILES string of the molecule is CC(C(=O)O)N1C(=O)C2C3CCC(O3)C2C1=O. The number of ether oxygens (including phenoxy) is 1. The summed E-state index contributed by atoms with van der Waals surface area (Å²) in [6.45, 7) is 1.36. The second-order valence-electron chi connectivity index (χ2n) is 4.90. The van der Waals surface area contributed by atoms with Crippen LogP contribution in [0.2, 0.25) is 0 Å². The van der Waals surface area contributed by atoms with Crippen molar-refractivity contribution in [2.45, 2.75) is 38.0 Å². The first kappa shape index (κ1) is 10.7. The van der Waals surface area contributed by atoms with Crippen LogP contribution in [0, 0.1) is 11.8 Å². The number of imide groups is 1. The molecule has 0 aliphatic carbocycles. The fourth-order valence-electron chi connectivity index (χ4n) is 3.23. The Morgan fingerprint density at radius 1 is 1.29 bits per heavy atom. The molecule has 92 valence electrons. The number of aliphatic carboxylic acids is 1. The van der Waals surface area contributed by atoms with E-state index in [1.807, 2.05) is 0 Å². The number of rotatable bonds is 2. The summed E-state index contributed by atoms with van der Waals surface area (Å²) in [5.41, 5.74) is 0. The summed E-state index contributed by atoms with van der Waals surface area (Å²) >= 11 is 0. The number of hydrogen-bond donors (Lipinski definition) is 1. The topological polar surface area (TPSA) is 83.9 Å². The van der Waals surface area contributed by atoms with E-state index in [9.17, 15) is 14.4 Å². The van der Waals surface area contributed by atoms with Crippen molar-refractivity contribution >= 4 is 17.8 Å². The van der Waals surface area contributed by atoms with Gasteiger partial charge in [-0.2, -0.15) is 0 Å². The molecule has 17 heavy (non-hydrogen) atoms. The molecule has 0 saturated carbocycles. The third-order valence-corrected chi connectivity index (χ3v) is 4.06. The lowest BCUT2D eigenvalue weighted by atomic mass is 9.81. The van der Waals surface area contributed by atoms with Gasteiger partial charge >= 0.3 is 5.97 Å². The fraction of sp³-hybridized carbons (Fsp3) is 0.727. The molecule has 2 amide bonds. The van der Waals surface area contributed by atoms with E-state index in [1.165, 1.54) is 6.92 Å². The second kappa shape index (κ2) is 3.29. The Balaban J connectivity index is 1.93. The van der Waals surface area contributed by atoms with E-state index >= 15 is 0 Å². The Morgan fingerprint density at radius 3 is 2.18 bits per heavy atom. The van der Waals surface area contributed by atoms with E-state index in [1.54, 1.807) is 0 Å². The zero-order valence-corrected chi connectivity index (χ0v) is 9.33. The van der Waals surface area contributed by atoms with Crippen LogP contribution in [-0.4, -0.2) is 46.0 Å². The van der Waals surface area contributed by atoms with Gasteiger partial charge in [-0.25, -0.2) is 4.79 Å². The predicted molar refractivity (Wildman–Crippen MR) is 53.8 cm³/mol. The van der Waals surface area contributed by atoms with Gasteiger partial charge in [0.2, 0.25) is 11.8 Å². The Hall–Kier alpha value is -1.43. The number of carboxylic acids is 1. The minimum absolute atomic E-state index is 0.188. The first-order valence-corrected chi connectivity index (χ1v) is 5.77. The molecule has 3 saturated heterocycles. The van der Waals surface area contributed by atoms with Crippen molar-refractivity contribution in [2.75, 3.05) is 0 Å². The normalized spacial score (nSPS) is 40.9. The number of carboxylic acid groups (broad SMARTS) is 1. The molecule has 3 aliphatic rings. The summed E-state index contributed by atoms with van der Waals surface area (Å²) in [6, 6.07) is -1.08. The van der Waals surface area contributed by atoms with Crippen LogP contribution in [0.1, 0.15) is 19.8 Å². The minimum Gasteiger partial charge on any atom is -0.480 e. The molecule has 5 atom stereocenters. The average Bonchev–Trinajstić information content (AvgIpc) is 2.92. The Morgan fingerprint density at radius 2 is 1.76 bits per heavy atom. The van der Waals surface area contributed by atoms with Crippen molar-refractivity contribution in [1.29, 1.82) is 0 Å². The molecule has 3 rings (SSSR count). The molecule has 3 aliphatic heterocycles. The van der Waals surface area contributed by atoms with Crippen LogP contribution < -0.4 is 0 Å². The molecule has 1 N–H and O–H groups in total. The maximum Gasteiger partial charge on any atom is 0.326 e. The molecule has 0 aromatic heterocycles. The number of hydrogen-bond acceptors (Lipinski definition) is 4. The van der Waals surface area contributed by atoms with Crippen molar-refractivity contribution in [3.8, 4) is 0 Å². The van der Waals surface area contributed by atoms with Crippen LogP contribution >= 0.6 is 0 Å². The van der Waals surface area contributed by atoms with Crippen molar-refractivity contribution in [2.24, 2.45) is 11.8 Å². The Bertz CT molecular complexity index is 392. The first-order chi connectivity index (χ1) is 8.02. The van der Waals surface area contributed by atoms with Crippen LogP contribution in [0.4, 0.5) is 0 Å². The number of carbonyl (C=O) groups excluding carboxylic acids is 2. The van der Waals surface area contributed by atoms with Gasteiger partial charge < -0.3 is 9.84 Å². The number of fused-ring (bicyclic) bond motifs is 5. The van der Waals surface area contributed by atoms with Crippen molar-refractivity contribution < 1.29 is 24.2 Å². The summed E-state index contributed by atoms with van der Waals surface area (Å²) in [5, 5.41) is 8.91. The average molecular weight is 239 g/mol. The van der Waals surface area contributed by atoms with Gasteiger partial charge in [0, 0.05) is 0 Å². The summed E-state index contributed by atoms with van der Waals surface area (Å²) in [4.78, 5) is 36.0. The number of carbonyl (C=O) groups is 3. The molecule has 3 fully saturated rings. The van der Waals surface area contributed by atoms with Crippen LogP contribution in [0.15, 0.2) is 0 Å². The van der Waals surface area contributed by atoms with E-state index in [-0.39, 0.29) is 24.0 Å². The molecule has 0 spiro atoms. The van der Waals surface area contributed by atoms with E-state index in [0.29, 0.717) is 0 Å². The fourth-order valence-corrected chi connectivity index (χ4v) is 3.23. The van der Waals surface area contributed by atoms with Crippen molar-refractivity contribution in [1.82, 2.24) is 4.90 Å². The third-order valence-electron chi connectivity index (χ3n) is 4.06. The van der Waals surface area contributed by atoms with Gasteiger partial charge in [-0.05, 0) is 19.8 Å². The molecular formula is C11H13NO5. The summed E-state index contributed by atoms with van der Waals surface area (Å²) in [5.74, 6) is -2.78.